The van der Waals surface area contributed by atoms with Gasteiger partial charge in [-0.1, -0.05) is 0 Å². The van der Waals surface area contributed by atoms with Crippen molar-refractivity contribution < 1.29 is 19.1 Å². The van der Waals surface area contributed by atoms with E-state index in [4.69, 9.17) is 0 Å². The fourth-order valence-electron chi connectivity index (χ4n) is 2.95. The standard InChI is InChI=1S/C20H29N3O4/c1-20(2,3)22-19(26)23-11-9-14(10-12-23)13-21-17(24)15-5-7-16(8-6-15)18(25)27-4/h5-8,14H,9-13H2,1-4H3,(H,21,24)(H,22,26). The van der Waals surface area contributed by atoms with E-state index in [9.17, 15) is 14.4 Å². The summed E-state index contributed by atoms with van der Waals surface area (Å²) in [5.41, 5.74) is 0.672. The molecule has 0 unspecified atom stereocenters. The minimum atomic E-state index is -0.427. The van der Waals surface area contributed by atoms with Gasteiger partial charge in [0, 0.05) is 30.7 Å². The van der Waals surface area contributed by atoms with Crippen LogP contribution in [-0.2, 0) is 4.74 Å². The maximum absolute atomic E-state index is 12.3. The van der Waals surface area contributed by atoms with Gasteiger partial charge in [-0.05, 0) is 63.8 Å². The van der Waals surface area contributed by atoms with E-state index in [0.717, 1.165) is 12.8 Å². The number of carbonyl (C=O) groups is 3. The average Bonchev–Trinajstić information content (AvgIpc) is 2.64. The summed E-state index contributed by atoms with van der Waals surface area (Å²) in [5, 5.41) is 5.92. The van der Waals surface area contributed by atoms with Crippen LogP contribution in [0.4, 0.5) is 4.79 Å². The zero-order valence-corrected chi connectivity index (χ0v) is 16.5. The van der Waals surface area contributed by atoms with Gasteiger partial charge in [0.05, 0.1) is 12.7 Å². The lowest BCUT2D eigenvalue weighted by atomic mass is 9.96. The number of hydrogen-bond donors (Lipinski definition) is 2. The number of rotatable bonds is 4. The topological polar surface area (TPSA) is 87.7 Å². The van der Waals surface area contributed by atoms with E-state index in [1.165, 1.54) is 7.11 Å². The average molecular weight is 375 g/mol. The quantitative estimate of drug-likeness (QED) is 0.791. The highest BCUT2D eigenvalue weighted by atomic mass is 16.5. The number of benzene rings is 1. The van der Waals surface area contributed by atoms with Crippen LogP contribution < -0.4 is 10.6 Å². The van der Waals surface area contributed by atoms with Crippen LogP contribution >= 0.6 is 0 Å². The maximum Gasteiger partial charge on any atom is 0.337 e. The number of urea groups is 1. The zero-order chi connectivity index (χ0) is 20.0. The molecule has 1 aliphatic rings. The lowest BCUT2D eigenvalue weighted by Gasteiger charge is -2.34. The van der Waals surface area contributed by atoms with Crippen LogP contribution in [0, 0.1) is 5.92 Å². The Morgan fingerprint density at radius 1 is 1.07 bits per heavy atom. The predicted octanol–water partition coefficient (Wildman–Crippen LogP) is 2.42. The molecular formula is C20H29N3O4. The highest BCUT2D eigenvalue weighted by Gasteiger charge is 2.25. The molecule has 7 heteroatoms. The lowest BCUT2D eigenvalue weighted by Crippen LogP contribution is -2.51. The second-order valence-corrected chi connectivity index (χ2v) is 7.89. The van der Waals surface area contributed by atoms with Crippen molar-refractivity contribution in [3.05, 3.63) is 35.4 Å². The predicted molar refractivity (Wildman–Crippen MR) is 103 cm³/mol. The summed E-state index contributed by atoms with van der Waals surface area (Å²) in [6.45, 7) is 7.85. The number of methoxy groups -OCH3 is 1. The fraction of sp³-hybridized carbons (Fsp3) is 0.550. The molecule has 0 aliphatic carbocycles. The molecule has 0 bridgehead atoms. The molecule has 0 aromatic heterocycles. The second-order valence-electron chi connectivity index (χ2n) is 7.89. The van der Waals surface area contributed by atoms with Crippen molar-refractivity contribution in [2.45, 2.75) is 39.2 Å². The molecule has 1 fully saturated rings. The Morgan fingerprint density at radius 2 is 1.63 bits per heavy atom. The molecule has 148 valence electrons. The van der Waals surface area contributed by atoms with Crippen LogP contribution in [0.25, 0.3) is 0 Å². The minimum Gasteiger partial charge on any atom is -0.465 e. The van der Waals surface area contributed by atoms with Crippen molar-refractivity contribution >= 4 is 17.9 Å². The van der Waals surface area contributed by atoms with Crippen molar-refractivity contribution in [3.8, 4) is 0 Å². The monoisotopic (exact) mass is 375 g/mol. The fourth-order valence-corrected chi connectivity index (χ4v) is 2.95. The first-order valence-corrected chi connectivity index (χ1v) is 9.23. The summed E-state index contributed by atoms with van der Waals surface area (Å²) in [6.07, 6.45) is 1.72. The van der Waals surface area contributed by atoms with Gasteiger partial charge >= 0.3 is 12.0 Å². The first-order chi connectivity index (χ1) is 12.7. The Kier molecular flexibility index (Phi) is 6.82. The number of nitrogens with one attached hydrogen (secondary N) is 2. The summed E-state index contributed by atoms with van der Waals surface area (Å²) in [4.78, 5) is 37.7. The number of hydrogen-bond acceptors (Lipinski definition) is 4. The summed E-state index contributed by atoms with van der Waals surface area (Å²) in [6, 6.07) is 6.35. The van der Waals surface area contributed by atoms with Gasteiger partial charge in [-0.25, -0.2) is 9.59 Å². The van der Waals surface area contributed by atoms with Gasteiger partial charge in [0.1, 0.15) is 0 Å². The molecule has 1 aromatic carbocycles. The third-order valence-corrected chi connectivity index (χ3v) is 4.50. The molecule has 1 aliphatic heterocycles. The first-order valence-electron chi connectivity index (χ1n) is 9.23. The first kappa shape index (κ1) is 20.7. The molecule has 2 rings (SSSR count). The van der Waals surface area contributed by atoms with Crippen molar-refractivity contribution in [1.82, 2.24) is 15.5 Å². The van der Waals surface area contributed by atoms with Crippen molar-refractivity contribution in [2.75, 3.05) is 26.7 Å². The Morgan fingerprint density at radius 3 is 2.15 bits per heavy atom. The largest absolute Gasteiger partial charge is 0.465 e. The normalized spacial score (nSPS) is 15.2. The van der Waals surface area contributed by atoms with Crippen LogP contribution in [-0.4, -0.2) is 55.1 Å². The van der Waals surface area contributed by atoms with Gasteiger partial charge in [0.25, 0.3) is 5.91 Å². The number of likely N-dealkylation sites (tertiary alicyclic amines) is 1. The van der Waals surface area contributed by atoms with E-state index in [-0.39, 0.29) is 17.5 Å². The van der Waals surface area contributed by atoms with Crippen molar-refractivity contribution in [1.29, 1.82) is 0 Å². The van der Waals surface area contributed by atoms with E-state index in [0.29, 0.717) is 36.7 Å². The van der Waals surface area contributed by atoms with Crippen LogP contribution in [0.5, 0.6) is 0 Å². The summed E-state index contributed by atoms with van der Waals surface area (Å²) in [7, 11) is 1.32. The molecule has 2 N–H and O–H groups in total. The Hall–Kier alpha value is -2.57. The van der Waals surface area contributed by atoms with Gasteiger partial charge in [0.2, 0.25) is 0 Å². The number of carbonyl (C=O) groups excluding carboxylic acids is 3. The van der Waals surface area contributed by atoms with Gasteiger partial charge in [-0.15, -0.1) is 0 Å². The number of esters is 1. The molecule has 0 spiro atoms. The Balaban J connectivity index is 1.77. The van der Waals surface area contributed by atoms with Crippen LogP contribution in [0.1, 0.15) is 54.3 Å². The van der Waals surface area contributed by atoms with Crippen molar-refractivity contribution in [3.63, 3.8) is 0 Å². The van der Waals surface area contributed by atoms with E-state index in [1.54, 1.807) is 24.3 Å². The van der Waals surface area contributed by atoms with Crippen LogP contribution in [0.2, 0.25) is 0 Å². The summed E-state index contributed by atoms with van der Waals surface area (Å²) < 4.78 is 4.64. The summed E-state index contributed by atoms with van der Waals surface area (Å²) in [5.74, 6) is -0.245. The molecule has 1 saturated heterocycles. The molecule has 0 saturated carbocycles. The molecule has 27 heavy (non-hydrogen) atoms. The number of ether oxygens (including phenoxy) is 1. The SMILES string of the molecule is COC(=O)c1ccc(C(=O)NCC2CCN(C(=O)NC(C)(C)C)CC2)cc1. The molecule has 3 amide bonds. The minimum absolute atomic E-state index is 0.0318. The second kappa shape index (κ2) is 8.88. The van der Waals surface area contributed by atoms with E-state index in [2.05, 4.69) is 15.4 Å². The van der Waals surface area contributed by atoms with Crippen LogP contribution in [0.3, 0.4) is 0 Å². The van der Waals surface area contributed by atoms with E-state index in [1.807, 2.05) is 25.7 Å². The maximum atomic E-state index is 12.3. The molecule has 0 radical (unpaired) electrons. The number of piperidine rings is 1. The van der Waals surface area contributed by atoms with Gasteiger partial charge in [-0.2, -0.15) is 0 Å². The van der Waals surface area contributed by atoms with Gasteiger partial charge in [-0.3, -0.25) is 4.79 Å². The molecule has 1 heterocycles. The lowest BCUT2D eigenvalue weighted by molar-refractivity contribution is 0.0600. The van der Waals surface area contributed by atoms with Crippen molar-refractivity contribution in [2.24, 2.45) is 5.92 Å². The van der Waals surface area contributed by atoms with Crippen LogP contribution in [0.15, 0.2) is 24.3 Å². The molecular weight excluding hydrogens is 346 g/mol. The molecule has 7 nitrogen and oxygen atoms in total. The zero-order valence-electron chi connectivity index (χ0n) is 16.5. The third-order valence-electron chi connectivity index (χ3n) is 4.50. The van der Waals surface area contributed by atoms with E-state index >= 15 is 0 Å². The van der Waals surface area contributed by atoms with Gasteiger partial charge < -0.3 is 20.3 Å². The molecule has 0 atom stereocenters. The Bertz CT molecular complexity index is 671. The molecule has 1 aromatic rings. The third kappa shape index (κ3) is 6.27. The highest BCUT2D eigenvalue weighted by Crippen LogP contribution is 2.17. The smallest absolute Gasteiger partial charge is 0.337 e. The van der Waals surface area contributed by atoms with E-state index < -0.39 is 5.97 Å². The number of amides is 3. The number of nitrogens with zero attached hydrogens (tertiary/aromatic N) is 1. The Labute approximate surface area is 160 Å². The summed E-state index contributed by atoms with van der Waals surface area (Å²) >= 11 is 0. The van der Waals surface area contributed by atoms with Gasteiger partial charge in [0.15, 0.2) is 0 Å². The highest BCUT2D eigenvalue weighted by molar-refractivity contribution is 5.96.